The molecule has 6 nitrogen and oxygen atoms in total. The van der Waals surface area contributed by atoms with E-state index < -0.39 is 17.4 Å². The summed E-state index contributed by atoms with van der Waals surface area (Å²) in [6.07, 6.45) is 1.68. The van der Waals surface area contributed by atoms with Crippen LogP contribution in [-0.2, 0) is 14.2 Å². The largest absolute Gasteiger partial charge is 0.343 e. The van der Waals surface area contributed by atoms with Gasteiger partial charge in [0.25, 0.3) is 11.9 Å². The fourth-order valence-corrected chi connectivity index (χ4v) is 2.37. The Morgan fingerprint density at radius 3 is 1.00 bits per heavy atom. The van der Waals surface area contributed by atoms with Crippen LogP contribution in [0, 0.1) is 5.41 Å². The van der Waals surface area contributed by atoms with E-state index in [4.69, 9.17) is 29.5 Å². The highest BCUT2D eigenvalue weighted by Crippen LogP contribution is 2.38. The van der Waals surface area contributed by atoms with Gasteiger partial charge in [-0.1, -0.05) is 20.8 Å². The second-order valence-corrected chi connectivity index (χ2v) is 5.14. The molecule has 0 spiro atoms. The summed E-state index contributed by atoms with van der Waals surface area (Å²) in [6, 6.07) is 0. The normalized spacial score (nSPS) is 12.8. The molecule has 0 saturated heterocycles. The molecule has 0 aromatic carbocycles. The van der Waals surface area contributed by atoms with Crippen LogP contribution in [0.15, 0.2) is 0 Å². The lowest BCUT2D eigenvalue weighted by molar-refractivity contribution is -0.377. The van der Waals surface area contributed by atoms with Crippen LogP contribution in [0.4, 0.5) is 0 Å². The van der Waals surface area contributed by atoms with Gasteiger partial charge in [-0.3, -0.25) is 0 Å². The SMILES string of the molecule is CCC(CC)(CC)C(O)(O)O.CCOC(C)(OCC)OCC. The maximum Gasteiger partial charge on any atom is 0.281 e. The lowest BCUT2D eigenvalue weighted by Gasteiger charge is -2.37. The Morgan fingerprint density at radius 2 is 0.909 bits per heavy atom. The van der Waals surface area contributed by atoms with Crippen LogP contribution < -0.4 is 0 Å². The van der Waals surface area contributed by atoms with Crippen LogP contribution in [0.25, 0.3) is 0 Å². The molecule has 0 bridgehead atoms. The molecule has 0 radical (unpaired) electrons. The summed E-state index contributed by atoms with van der Waals surface area (Å²) in [5, 5.41) is 27.1. The first-order valence-corrected chi connectivity index (χ1v) is 8.20. The van der Waals surface area contributed by atoms with Crippen molar-refractivity contribution in [3.63, 3.8) is 0 Å². The van der Waals surface area contributed by atoms with E-state index in [-0.39, 0.29) is 0 Å². The maximum atomic E-state index is 9.04. The molecule has 0 unspecified atom stereocenters. The van der Waals surface area contributed by atoms with Gasteiger partial charge in [-0.25, -0.2) is 0 Å². The minimum atomic E-state index is -2.54. The molecule has 0 fully saturated rings. The summed E-state index contributed by atoms with van der Waals surface area (Å²) in [5.74, 6) is -3.39. The average Bonchev–Trinajstić information content (AvgIpc) is 2.41. The van der Waals surface area contributed by atoms with Gasteiger partial charge >= 0.3 is 0 Å². The molecule has 0 aromatic rings. The van der Waals surface area contributed by atoms with Crippen molar-refractivity contribution in [2.75, 3.05) is 19.8 Å². The summed E-state index contributed by atoms with van der Waals surface area (Å²) in [4.78, 5) is 0. The van der Waals surface area contributed by atoms with E-state index in [1.807, 2.05) is 41.5 Å². The van der Waals surface area contributed by atoms with Crippen molar-refractivity contribution >= 4 is 0 Å². The molecule has 0 saturated carbocycles. The first kappa shape index (κ1) is 24.0. The second-order valence-electron chi connectivity index (χ2n) is 5.14. The molecule has 0 aromatic heterocycles. The number of hydrogen-bond acceptors (Lipinski definition) is 6. The van der Waals surface area contributed by atoms with Crippen LogP contribution >= 0.6 is 0 Å². The van der Waals surface area contributed by atoms with Gasteiger partial charge in [0.1, 0.15) is 0 Å². The Balaban J connectivity index is 0. The zero-order valence-corrected chi connectivity index (χ0v) is 15.3. The van der Waals surface area contributed by atoms with Crippen molar-refractivity contribution in [1.82, 2.24) is 0 Å². The molecular weight excluding hydrogens is 288 g/mol. The Labute approximate surface area is 135 Å². The summed E-state index contributed by atoms with van der Waals surface area (Å²) >= 11 is 0. The summed E-state index contributed by atoms with van der Waals surface area (Å²) in [5.41, 5.74) is -0.771. The van der Waals surface area contributed by atoms with Crippen molar-refractivity contribution in [3.05, 3.63) is 0 Å². The van der Waals surface area contributed by atoms with Crippen LogP contribution in [0.1, 0.15) is 67.7 Å². The van der Waals surface area contributed by atoms with Crippen LogP contribution in [0.3, 0.4) is 0 Å². The first-order chi connectivity index (χ1) is 10.1. The Hall–Kier alpha value is -0.240. The highest BCUT2D eigenvalue weighted by atomic mass is 16.9. The van der Waals surface area contributed by atoms with E-state index in [2.05, 4.69) is 0 Å². The summed E-state index contributed by atoms with van der Waals surface area (Å²) in [7, 11) is 0. The third kappa shape index (κ3) is 7.85. The van der Waals surface area contributed by atoms with Crippen molar-refractivity contribution in [2.24, 2.45) is 5.41 Å². The highest BCUT2D eigenvalue weighted by Gasteiger charge is 2.44. The van der Waals surface area contributed by atoms with Crippen LogP contribution in [0.2, 0.25) is 0 Å². The molecule has 0 atom stereocenters. The number of hydrogen-bond donors (Lipinski definition) is 3. The van der Waals surface area contributed by atoms with Crippen LogP contribution in [0.5, 0.6) is 0 Å². The van der Waals surface area contributed by atoms with E-state index >= 15 is 0 Å². The van der Waals surface area contributed by atoms with Gasteiger partial charge < -0.3 is 29.5 Å². The molecule has 0 rings (SSSR count). The van der Waals surface area contributed by atoms with E-state index in [0.717, 1.165) is 0 Å². The van der Waals surface area contributed by atoms with Crippen molar-refractivity contribution < 1.29 is 29.5 Å². The van der Waals surface area contributed by atoms with Crippen LogP contribution in [-0.4, -0.2) is 47.1 Å². The van der Waals surface area contributed by atoms with E-state index in [9.17, 15) is 0 Å². The molecule has 136 valence electrons. The molecular formula is C16H36O6. The molecule has 0 aliphatic heterocycles. The van der Waals surface area contributed by atoms with E-state index in [1.165, 1.54) is 0 Å². The smallest absolute Gasteiger partial charge is 0.281 e. The van der Waals surface area contributed by atoms with Gasteiger partial charge in [-0.2, -0.15) is 0 Å². The third-order valence-corrected chi connectivity index (χ3v) is 3.96. The van der Waals surface area contributed by atoms with E-state index in [0.29, 0.717) is 39.1 Å². The molecule has 0 amide bonds. The Bertz CT molecular complexity index is 233. The molecule has 6 heteroatoms. The minimum absolute atomic E-state index is 0.559. The van der Waals surface area contributed by atoms with Gasteiger partial charge in [0.05, 0.1) is 5.41 Å². The lowest BCUT2D eigenvalue weighted by atomic mass is 9.77. The first-order valence-electron chi connectivity index (χ1n) is 8.20. The van der Waals surface area contributed by atoms with Crippen molar-refractivity contribution in [2.45, 2.75) is 79.7 Å². The van der Waals surface area contributed by atoms with Gasteiger partial charge in [-0.15, -0.1) is 0 Å². The molecule has 0 heterocycles. The minimum Gasteiger partial charge on any atom is -0.343 e. The fourth-order valence-electron chi connectivity index (χ4n) is 2.37. The predicted molar refractivity (Wildman–Crippen MR) is 86.0 cm³/mol. The molecule has 22 heavy (non-hydrogen) atoms. The van der Waals surface area contributed by atoms with Gasteiger partial charge in [0.15, 0.2) is 0 Å². The molecule has 0 aliphatic rings. The van der Waals surface area contributed by atoms with Gasteiger partial charge in [0, 0.05) is 26.7 Å². The standard InChI is InChI=1S/2C8H18O3/c1-5-9-8(4,10-6-2)11-7-3;1-4-7(5-2,6-3)8(9,10)11/h5-7H2,1-4H3;9-11H,4-6H2,1-3H3. The Kier molecular flexibility index (Phi) is 12.4. The Morgan fingerprint density at radius 1 is 0.636 bits per heavy atom. The maximum absolute atomic E-state index is 9.04. The highest BCUT2D eigenvalue weighted by molar-refractivity contribution is 4.81. The lowest BCUT2D eigenvalue weighted by Crippen LogP contribution is -2.47. The number of aliphatic hydroxyl groups is 3. The van der Waals surface area contributed by atoms with Gasteiger partial charge in [-0.05, 0) is 40.0 Å². The predicted octanol–water partition coefficient (Wildman–Crippen LogP) is 2.60. The molecule has 3 N–H and O–H groups in total. The monoisotopic (exact) mass is 324 g/mol. The summed E-state index contributed by atoms with van der Waals surface area (Å²) in [6.45, 7) is 14.8. The zero-order chi connectivity index (χ0) is 17.9. The zero-order valence-electron chi connectivity index (χ0n) is 15.3. The van der Waals surface area contributed by atoms with Crippen molar-refractivity contribution in [1.29, 1.82) is 0 Å². The summed E-state index contributed by atoms with van der Waals surface area (Å²) < 4.78 is 15.8. The number of rotatable bonds is 10. The quantitative estimate of drug-likeness (QED) is 0.535. The average molecular weight is 324 g/mol. The number of ether oxygens (including phenoxy) is 3. The third-order valence-electron chi connectivity index (χ3n) is 3.96. The second kappa shape index (κ2) is 11.3. The molecule has 0 aliphatic carbocycles. The van der Waals surface area contributed by atoms with Crippen molar-refractivity contribution in [3.8, 4) is 0 Å². The van der Waals surface area contributed by atoms with E-state index in [1.54, 1.807) is 6.92 Å². The topological polar surface area (TPSA) is 88.4 Å². The van der Waals surface area contributed by atoms with Gasteiger partial charge in [0.2, 0.25) is 0 Å². The fraction of sp³-hybridized carbons (Fsp3) is 1.00.